The van der Waals surface area contributed by atoms with E-state index in [0.717, 1.165) is 34.3 Å². The van der Waals surface area contributed by atoms with Gasteiger partial charge in [0.1, 0.15) is 6.17 Å². The lowest BCUT2D eigenvalue weighted by molar-refractivity contribution is 0.659. The van der Waals surface area contributed by atoms with Gasteiger partial charge in [-0.2, -0.15) is 0 Å². The number of nitrogens with one attached hydrogen (secondary N) is 1. The molecular weight excluding hydrogens is 442 g/mol. The van der Waals surface area contributed by atoms with Crippen LogP contribution < -0.4 is 15.1 Å². The van der Waals surface area contributed by atoms with Crippen LogP contribution in [-0.4, -0.2) is 16.1 Å². The van der Waals surface area contributed by atoms with Crippen LogP contribution in [0.3, 0.4) is 0 Å². The SMILES string of the molecule is C=C1C=C2C3NC=C(C)N3c3nccnc3N2c2ccccc2C12c1ccccc1-c1ccccc12. The van der Waals surface area contributed by atoms with E-state index >= 15 is 0 Å². The summed E-state index contributed by atoms with van der Waals surface area (Å²) in [6.07, 6.45) is 7.78. The fraction of sp³-hybridized carbons (Fsp3) is 0.0968. The highest BCUT2D eigenvalue weighted by atomic mass is 15.4. The zero-order valence-corrected chi connectivity index (χ0v) is 19.8. The molecule has 172 valence electrons. The summed E-state index contributed by atoms with van der Waals surface area (Å²) in [4.78, 5) is 14.2. The third kappa shape index (κ3) is 2.17. The Kier molecular flexibility index (Phi) is 3.67. The molecule has 5 heteroatoms. The van der Waals surface area contributed by atoms with E-state index in [1.807, 2.05) is 0 Å². The summed E-state index contributed by atoms with van der Waals surface area (Å²) in [5, 5.41) is 3.59. The minimum atomic E-state index is -0.512. The van der Waals surface area contributed by atoms with Crippen LogP contribution in [0, 0.1) is 0 Å². The summed E-state index contributed by atoms with van der Waals surface area (Å²) in [6, 6.07) is 26.2. The van der Waals surface area contributed by atoms with Crippen LogP contribution in [0.25, 0.3) is 11.1 Å². The van der Waals surface area contributed by atoms with Gasteiger partial charge in [-0.15, -0.1) is 0 Å². The molecule has 0 bridgehead atoms. The second-order valence-corrected chi connectivity index (χ2v) is 9.72. The Morgan fingerprint density at radius 1 is 0.806 bits per heavy atom. The predicted octanol–water partition coefficient (Wildman–Crippen LogP) is 5.99. The van der Waals surface area contributed by atoms with E-state index < -0.39 is 5.41 Å². The average molecular weight is 466 g/mol. The van der Waals surface area contributed by atoms with E-state index in [4.69, 9.17) is 16.5 Å². The number of allylic oxidation sites excluding steroid dienone is 3. The minimum Gasteiger partial charge on any atom is -0.365 e. The Bertz CT molecular complexity index is 1630. The zero-order valence-electron chi connectivity index (χ0n) is 19.8. The van der Waals surface area contributed by atoms with Crippen molar-refractivity contribution in [1.82, 2.24) is 15.3 Å². The molecule has 4 aromatic rings. The first-order valence-corrected chi connectivity index (χ1v) is 12.2. The molecule has 0 saturated carbocycles. The lowest BCUT2D eigenvalue weighted by atomic mass is 9.67. The molecule has 0 radical (unpaired) electrons. The number of para-hydroxylation sites is 1. The molecule has 8 rings (SSSR count). The number of benzene rings is 3. The van der Waals surface area contributed by atoms with Gasteiger partial charge in [0.05, 0.1) is 16.8 Å². The molecular formula is C31H23N5. The van der Waals surface area contributed by atoms with Crippen LogP contribution in [0.15, 0.2) is 121 Å². The summed E-state index contributed by atoms with van der Waals surface area (Å²) in [7, 11) is 0. The Morgan fingerprint density at radius 2 is 1.42 bits per heavy atom. The summed E-state index contributed by atoms with van der Waals surface area (Å²) < 4.78 is 0. The van der Waals surface area contributed by atoms with Crippen LogP contribution in [0.1, 0.15) is 23.6 Å². The molecule has 1 spiro atoms. The van der Waals surface area contributed by atoms with E-state index in [1.165, 1.54) is 27.8 Å². The van der Waals surface area contributed by atoms with Crippen molar-refractivity contribution in [2.75, 3.05) is 9.80 Å². The Morgan fingerprint density at radius 3 is 2.14 bits per heavy atom. The number of anilines is 3. The van der Waals surface area contributed by atoms with Crippen molar-refractivity contribution in [2.24, 2.45) is 0 Å². The third-order valence-electron chi connectivity index (χ3n) is 8.03. The van der Waals surface area contributed by atoms with Crippen molar-refractivity contribution in [2.45, 2.75) is 18.5 Å². The third-order valence-corrected chi connectivity index (χ3v) is 8.03. The second-order valence-electron chi connectivity index (χ2n) is 9.72. The number of rotatable bonds is 0. The van der Waals surface area contributed by atoms with Crippen molar-refractivity contribution in [3.05, 3.63) is 138 Å². The number of fused-ring (bicyclic) bond motifs is 14. The maximum absolute atomic E-state index is 4.86. The molecule has 1 N–H and O–H groups in total. The zero-order chi connectivity index (χ0) is 24.0. The highest BCUT2D eigenvalue weighted by Gasteiger charge is 2.51. The molecule has 1 unspecified atom stereocenters. The van der Waals surface area contributed by atoms with E-state index in [0.29, 0.717) is 0 Å². The molecule has 3 aliphatic heterocycles. The van der Waals surface area contributed by atoms with Gasteiger partial charge in [-0.3, -0.25) is 9.80 Å². The summed E-state index contributed by atoms with van der Waals surface area (Å²) >= 11 is 0. The molecule has 5 nitrogen and oxygen atoms in total. The van der Waals surface area contributed by atoms with Crippen molar-refractivity contribution in [1.29, 1.82) is 0 Å². The Labute approximate surface area is 209 Å². The Hall–Kier alpha value is -4.64. The number of nitrogens with zero attached hydrogens (tertiary/aromatic N) is 4. The number of hydrogen-bond donors (Lipinski definition) is 1. The first-order valence-electron chi connectivity index (χ1n) is 12.2. The monoisotopic (exact) mass is 465 g/mol. The quantitative estimate of drug-likeness (QED) is 0.345. The lowest BCUT2D eigenvalue weighted by Gasteiger charge is -2.41. The normalized spacial score (nSPS) is 19.7. The van der Waals surface area contributed by atoms with Crippen LogP contribution >= 0.6 is 0 Å². The molecule has 1 aliphatic carbocycles. The van der Waals surface area contributed by atoms with Crippen molar-refractivity contribution in [3.8, 4) is 11.1 Å². The fourth-order valence-corrected chi connectivity index (χ4v) is 6.66. The fourth-order valence-electron chi connectivity index (χ4n) is 6.66. The summed E-state index contributed by atoms with van der Waals surface area (Å²) in [5.41, 5.74) is 10.1. The summed E-state index contributed by atoms with van der Waals surface area (Å²) in [5.74, 6) is 1.68. The topological polar surface area (TPSA) is 44.3 Å². The average Bonchev–Trinajstić information content (AvgIpc) is 3.42. The van der Waals surface area contributed by atoms with E-state index in [2.05, 4.69) is 107 Å². The first-order chi connectivity index (χ1) is 17.7. The Balaban J connectivity index is 1.52. The van der Waals surface area contributed by atoms with Gasteiger partial charge in [-0.1, -0.05) is 73.3 Å². The van der Waals surface area contributed by atoms with Crippen LogP contribution in [0.2, 0.25) is 0 Å². The van der Waals surface area contributed by atoms with Gasteiger partial charge in [0.15, 0.2) is 11.6 Å². The lowest BCUT2D eigenvalue weighted by Crippen LogP contribution is -2.48. The van der Waals surface area contributed by atoms with Gasteiger partial charge in [-0.05, 0) is 52.5 Å². The molecule has 0 fully saturated rings. The second kappa shape index (κ2) is 6.73. The highest BCUT2D eigenvalue weighted by molar-refractivity contribution is 5.92. The molecule has 0 amide bonds. The predicted molar refractivity (Wildman–Crippen MR) is 143 cm³/mol. The van der Waals surface area contributed by atoms with E-state index in [1.54, 1.807) is 12.4 Å². The standard InChI is InChI=1S/C31H23N5/c1-19-17-27-28-34-18-20(2)35(28)29-30(33-16-15-32-29)36(27)26-14-8-7-13-25(26)31(19)23-11-5-3-9-21(23)22-10-4-6-12-24(22)31/h3-18,28,34H,1H2,2H3. The van der Waals surface area contributed by atoms with Gasteiger partial charge in [0.25, 0.3) is 0 Å². The first kappa shape index (κ1) is 19.6. The number of aromatic nitrogens is 2. The smallest absolute Gasteiger partial charge is 0.181 e. The molecule has 0 saturated heterocycles. The largest absolute Gasteiger partial charge is 0.365 e. The highest BCUT2D eigenvalue weighted by Crippen LogP contribution is 2.60. The molecule has 36 heavy (non-hydrogen) atoms. The van der Waals surface area contributed by atoms with Crippen LogP contribution in [0.5, 0.6) is 0 Å². The van der Waals surface area contributed by atoms with E-state index in [-0.39, 0.29) is 6.17 Å². The van der Waals surface area contributed by atoms with Gasteiger partial charge in [0.2, 0.25) is 0 Å². The van der Waals surface area contributed by atoms with Crippen molar-refractivity contribution < 1.29 is 0 Å². The molecule has 1 atom stereocenters. The van der Waals surface area contributed by atoms with Crippen molar-refractivity contribution in [3.63, 3.8) is 0 Å². The molecule has 4 aliphatic rings. The maximum atomic E-state index is 4.86. The number of hydrogen-bond acceptors (Lipinski definition) is 5. The van der Waals surface area contributed by atoms with Gasteiger partial charge in [-0.25, -0.2) is 9.97 Å². The van der Waals surface area contributed by atoms with Crippen LogP contribution in [-0.2, 0) is 5.41 Å². The van der Waals surface area contributed by atoms with Crippen molar-refractivity contribution >= 4 is 17.3 Å². The molecule has 4 heterocycles. The van der Waals surface area contributed by atoms with Gasteiger partial charge >= 0.3 is 0 Å². The molecule has 3 aromatic carbocycles. The van der Waals surface area contributed by atoms with E-state index in [9.17, 15) is 0 Å². The van der Waals surface area contributed by atoms with Gasteiger partial charge < -0.3 is 5.32 Å². The van der Waals surface area contributed by atoms with Crippen LogP contribution in [0.4, 0.5) is 17.3 Å². The minimum absolute atomic E-state index is 0.0963. The summed E-state index contributed by atoms with van der Waals surface area (Å²) in [6.45, 7) is 6.89. The molecule has 1 aromatic heterocycles. The maximum Gasteiger partial charge on any atom is 0.181 e. The van der Waals surface area contributed by atoms with Gasteiger partial charge in [0, 0.05) is 24.3 Å².